The number of pyridine rings is 1. The molecule has 6 nitrogen and oxygen atoms in total. The molecule has 0 spiro atoms. The van der Waals surface area contributed by atoms with E-state index in [4.69, 9.17) is 23.2 Å². The fraction of sp³-hybridized carbons (Fsp3) is 0.120. The molecule has 34 heavy (non-hydrogen) atoms. The van der Waals surface area contributed by atoms with Gasteiger partial charge >= 0.3 is 0 Å². The number of H-pyrrole nitrogens is 1. The Morgan fingerprint density at radius 2 is 1.68 bits per heavy atom. The van der Waals surface area contributed by atoms with E-state index in [1.54, 1.807) is 42.5 Å². The van der Waals surface area contributed by atoms with Crippen molar-refractivity contribution in [3.05, 3.63) is 104 Å². The first-order valence-corrected chi connectivity index (χ1v) is 13.1. The molecule has 172 valence electrons. The van der Waals surface area contributed by atoms with Crippen LogP contribution >= 0.6 is 23.2 Å². The van der Waals surface area contributed by atoms with Gasteiger partial charge in [-0.25, -0.2) is 8.42 Å². The number of hydrazone groups is 1. The van der Waals surface area contributed by atoms with E-state index in [-0.39, 0.29) is 12.0 Å². The van der Waals surface area contributed by atoms with Gasteiger partial charge in [0.15, 0.2) is 0 Å². The third kappa shape index (κ3) is 4.00. The van der Waals surface area contributed by atoms with Crippen LogP contribution in [0.15, 0.2) is 82.7 Å². The summed E-state index contributed by atoms with van der Waals surface area (Å²) in [5.41, 5.74) is 3.00. The third-order valence-corrected chi connectivity index (χ3v) is 7.40. The maximum absolute atomic E-state index is 13.4. The van der Waals surface area contributed by atoms with Crippen molar-refractivity contribution in [1.29, 1.82) is 0 Å². The highest BCUT2D eigenvalue weighted by molar-refractivity contribution is 7.88. The van der Waals surface area contributed by atoms with Crippen LogP contribution in [0.3, 0.4) is 0 Å². The molecule has 1 aromatic heterocycles. The van der Waals surface area contributed by atoms with Crippen molar-refractivity contribution in [3.63, 3.8) is 0 Å². The molecule has 1 aliphatic heterocycles. The molecule has 3 aromatic carbocycles. The summed E-state index contributed by atoms with van der Waals surface area (Å²) in [6, 6.07) is 21.1. The fourth-order valence-electron chi connectivity index (χ4n) is 4.37. The molecule has 1 atom stereocenters. The van der Waals surface area contributed by atoms with Gasteiger partial charge in [0, 0.05) is 32.9 Å². The number of nitrogens with zero attached hydrogens (tertiary/aromatic N) is 2. The Kier molecular flexibility index (Phi) is 5.72. The molecular formula is C25H19Cl2N3O3S. The number of aromatic nitrogens is 1. The van der Waals surface area contributed by atoms with Gasteiger partial charge in [-0.3, -0.25) is 4.79 Å². The van der Waals surface area contributed by atoms with Crippen LogP contribution in [0, 0.1) is 0 Å². The topological polar surface area (TPSA) is 82.6 Å². The standard InChI is InChI=1S/C25H19Cl2N3O3S/c1-34(32,33)30-22(17-9-5-6-10-19(17)27)14-21(29-30)24-23(15-7-3-2-4-8-15)18-13-16(26)11-12-20(18)28-25(24)31/h2-13,22H,14H2,1H3,(H,28,31)/t22-/m0/s1. The molecule has 0 aliphatic carbocycles. The van der Waals surface area contributed by atoms with Crippen LogP contribution in [0.25, 0.3) is 22.0 Å². The van der Waals surface area contributed by atoms with Gasteiger partial charge in [0.2, 0.25) is 10.0 Å². The van der Waals surface area contributed by atoms with Gasteiger partial charge in [-0.2, -0.15) is 9.52 Å². The number of aromatic amines is 1. The SMILES string of the molecule is CS(=O)(=O)N1N=C(c2c(-c3ccccc3)c3cc(Cl)ccc3[nH]c2=O)C[C@H]1c1ccccc1Cl. The van der Waals surface area contributed by atoms with Crippen molar-refractivity contribution in [2.24, 2.45) is 5.10 Å². The number of sulfonamides is 1. The number of fused-ring (bicyclic) bond motifs is 1. The molecule has 0 unspecified atom stereocenters. The zero-order chi connectivity index (χ0) is 24.0. The molecule has 0 saturated carbocycles. The van der Waals surface area contributed by atoms with E-state index in [0.29, 0.717) is 38.0 Å². The molecule has 4 aromatic rings. The minimum atomic E-state index is -3.74. The lowest BCUT2D eigenvalue weighted by Crippen LogP contribution is -2.26. The van der Waals surface area contributed by atoms with Crippen molar-refractivity contribution in [2.75, 3.05) is 6.26 Å². The van der Waals surface area contributed by atoms with E-state index >= 15 is 0 Å². The molecule has 1 aliphatic rings. The average Bonchev–Trinajstić information content (AvgIpc) is 3.25. The molecular weight excluding hydrogens is 493 g/mol. The van der Waals surface area contributed by atoms with Gasteiger partial charge in [0.25, 0.3) is 5.56 Å². The second-order valence-electron chi connectivity index (χ2n) is 8.08. The zero-order valence-corrected chi connectivity index (χ0v) is 20.3. The average molecular weight is 512 g/mol. The highest BCUT2D eigenvalue weighted by Gasteiger charge is 2.37. The van der Waals surface area contributed by atoms with Gasteiger partial charge in [0.1, 0.15) is 0 Å². The summed E-state index contributed by atoms with van der Waals surface area (Å²) in [7, 11) is -3.74. The smallest absolute Gasteiger partial charge is 0.258 e. The summed E-state index contributed by atoms with van der Waals surface area (Å²) in [5.74, 6) is 0. The Hall–Kier alpha value is -3.13. The van der Waals surface area contributed by atoms with Crippen molar-refractivity contribution < 1.29 is 8.42 Å². The van der Waals surface area contributed by atoms with E-state index < -0.39 is 16.1 Å². The largest absolute Gasteiger partial charge is 0.321 e. The Balaban J connectivity index is 1.79. The van der Waals surface area contributed by atoms with Gasteiger partial charge in [-0.1, -0.05) is 71.7 Å². The minimum Gasteiger partial charge on any atom is -0.321 e. The Bertz CT molecular complexity index is 1620. The predicted octanol–water partition coefficient (Wildman–Crippen LogP) is 5.61. The molecule has 0 saturated heterocycles. The lowest BCUT2D eigenvalue weighted by molar-refractivity contribution is 0.375. The maximum atomic E-state index is 13.4. The molecule has 1 N–H and O–H groups in total. The normalized spacial score (nSPS) is 16.1. The highest BCUT2D eigenvalue weighted by Crippen LogP contribution is 2.40. The maximum Gasteiger partial charge on any atom is 0.258 e. The van der Waals surface area contributed by atoms with Crippen LogP contribution in [0.4, 0.5) is 0 Å². The van der Waals surface area contributed by atoms with Crippen molar-refractivity contribution in [1.82, 2.24) is 9.40 Å². The molecule has 0 fully saturated rings. The van der Waals surface area contributed by atoms with Crippen LogP contribution < -0.4 is 5.56 Å². The second kappa shape index (κ2) is 8.58. The van der Waals surface area contributed by atoms with Gasteiger partial charge < -0.3 is 4.98 Å². The van der Waals surface area contributed by atoms with Crippen LogP contribution in [-0.2, 0) is 10.0 Å². The zero-order valence-electron chi connectivity index (χ0n) is 18.0. The first-order chi connectivity index (χ1) is 16.2. The number of hydrogen-bond donors (Lipinski definition) is 1. The molecule has 5 rings (SSSR count). The Labute approximate surface area is 206 Å². The van der Waals surface area contributed by atoms with Crippen LogP contribution in [-0.4, -0.2) is 29.8 Å². The van der Waals surface area contributed by atoms with E-state index in [9.17, 15) is 13.2 Å². The molecule has 0 bridgehead atoms. The lowest BCUT2D eigenvalue weighted by Gasteiger charge is -2.22. The monoisotopic (exact) mass is 511 g/mol. The second-order valence-corrected chi connectivity index (χ2v) is 10.8. The number of nitrogens with one attached hydrogen (secondary N) is 1. The van der Waals surface area contributed by atoms with E-state index in [2.05, 4.69) is 10.1 Å². The summed E-state index contributed by atoms with van der Waals surface area (Å²) in [6.07, 6.45) is 1.28. The van der Waals surface area contributed by atoms with E-state index in [0.717, 1.165) is 21.6 Å². The first kappa shape index (κ1) is 22.7. The fourth-order valence-corrected chi connectivity index (χ4v) is 5.70. The number of halogens is 2. The lowest BCUT2D eigenvalue weighted by atomic mass is 9.91. The summed E-state index contributed by atoms with van der Waals surface area (Å²) < 4.78 is 26.4. The van der Waals surface area contributed by atoms with E-state index in [1.165, 1.54) is 0 Å². The van der Waals surface area contributed by atoms with Crippen LogP contribution in [0.1, 0.15) is 23.6 Å². The van der Waals surface area contributed by atoms with Gasteiger partial charge in [0.05, 0.1) is 23.6 Å². The molecule has 0 amide bonds. The van der Waals surface area contributed by atoms with Gasteiger partial charge in [-0.05, 0) is 35.4 Å². The highest BCUT2D eigenvalue weighted by atomic mass is 35.5. The van der Waals surface area contributed by atoms with E-state index in [1.807, 2.05) is 30.3 Å². The predicted molar refractivity (Wildman–Crippen MR) is 137 cm³/mol. The third-order valence-electron chi connectivity index (χ3n) is 5.80. The van der Waals surface area contributed by atoms with Crippen molar-refractivity contribution >= 4 is 49.8 Å². The number of hydrogen-bond acceptors (Lipinski definition) is 4. The van der Waals surface area contributed by atoms with Crippen molar-refractivity contribution in [3.8, 4) is 11.1 Å². The molecule has 2 heterocycles. The Morgan fingerprint density at radius 1 is 0.971 bits per heavy atom. The van der Waals surface area contributed by atoms with Gasteiger partial charge in [-0.15, -0.1) is 0 Å². The minimum absolute atomic E-state index is 0.186. The number of benzene rings is 3. The molecule has 9 heteroatoms. The Morgan fingerprint density at radius 3 is 2.38 bits per heavy atom. The van der Waals surface area contributed by atoms with Crippen molar-refractivity contribution in [2.45, 2.75) is 12.5 Å². The van der Waals surface area contributed by atoms with Crippen LogP contribution in [0.5, 0.6) is 0 Å². The summed E-state index contributed by atoms with van der Waals surface area (Å²) >= 11 is 12.7. The first-order valence-electron chi connectivity index (χ1n) is 10.5. The summed E-state index contributed by atoms with van der Waals surface area (Å²) in [5, 5.41) is 6.14. The van der Waals surface area contributed by atoms with Crippen LogP contribution in [0.2, 0.25) is 10.0 Å². The quantitative estimate of drug-likeness (QED) is 0.386. The number of rotatable bonds is 4. The molecule has 0 radical (unpaired) electrons. The summed E-state index contributed by atoms with van der Waals surface area (Å²) in [4.78, 5) is 16.3. The summed E-state index contributed by atoms with van der Waals surface area (Å²) in [6.45, 7) is 0.